The number of hydrogen-bond donors (Lipinski definition) is 1. The first-order valence-electron chi connectivity index (χ1n) is 3.45. The Kier molecular flexibility index (Phi) is 6.99. The topological polar surface area (TPSA) is 30.4 Å². The minimum Gasteiger partial charge on any atom is -0.330 e. The highest BCUT2D eigenvalue weighted by molar-refractivity contribution is 4.57. The Morgan fingerprint density at radius 3 is 2.33 bits per heavy atom. The third-order valence-corrected chi connectivity index (χ3v) is 1.22. The Morgan fingerprint density at radius 2 is 1.78 bits per heavy atom. The minimum atomic E-state index is 0.685. The number of hydrogen-bond acceptors (Lipinski definition) is 1. The van der Waals surface area contributed by atoms with Crippen LogP contribution in [-0.4, -0.2) is 13.1 Å². The zero-order chi connectivity index (χ0) is 6.95. The van der Waals surface area contributed by atoms with E-state index in [0.29, 0.717) is 6.54 Å². The first-order chi connectivity index (χ1) is 4.41. The highest BCUT2D eigenvalue weighted by Gasteiger charge is 1.88. The molecule has 0 aromatic rings. The smallest absolute Gasteiger partial charge is 0.214 e. The van der Waals surface area contributed by atoms with Crippen LogP contribution in [0.4, 0.5) is 0 Å². The van der Waals surface area contributed by atoms with Crippen molar-refractivity contribution >= 4 is 0 Å². The zero-order valence-corrected chi connectivity index (χ0v) is 5.77. The van der Waals surface area contributed by atoms with Gasteiger partial charge in [-0.2, -0.15) is 0 Å². The molecular formula is C7H14N2. The Morgan fingerprint density at radius 1 is 1.11 bits per heavy atom. The molecule has 0 rings (SSSR count). The van der Waals surface area contributed by atoms with Crippen LogP contribution in [0, 0.1) is 6.57 Å². The van der Waals surface area contributed by atoms with Crippen molar-refractivity contribution in [3.8, 4) is 0 Å². The fourth-order valence-corrected chi connectivity index (χ4v) is 0.689. The molecular weight excluding hydrogens is 112 g/mol. The van der Waals surface area contributed by atoms with Crippen molar-refractivity contribution in [3.63, 3.8) is 0 Å². The molecule has 2 heteroatoms. The molecule has 0 saturated carbocycles. The molecule has 0 heterocycles. The molecule has 0 aliphatic carbocycles. The van der Waals surface area contributed by atoms with Crippen molar-refractivity contribution in [1.82, 2.24) is 0 Å². The Balaban J connectivity index is 2.69. The molecule has 2 N–H and O–H groups in total. The summed E-state index contributed by atoms with van der Waals surface area (Å²) in [6.07, 6.45) is 4.51. The predicted molar refractivity (Wildman–Crippen MR) is 39.0 cm³/mol. The first-order valence-corrected chi connectivity index (χ1v) is 3.45. The van der Waals surface area contributed by atoms with Crippen molar-refractivity contribution in [2.24, 2.45) is 5.73 Å². The maximum Gasteiger partial charge on any atom is 0.214 e. The highest BCUT2D eigenvalue weighted by atomic mass is 14.6. The van der Waals surface area contributed by atoms with E-state index in [4.69, 9.17) is 12.3 Å². The Bertz CT molecular complexity index is 83.4. The molecule has 0 radical (unpaired) electrons. The molecule has 2 nitrogen and oxygen atoms in total. The van der Waals surface area contributed by atoms with E-state index in [-0.39, 0.29) is 0 Å². The standard InChI is InChI=1S/C7H14N2/c1-9-7-5-3-2-4-6-8/h2-8H2. The van der Waals surface area contributed by atoms with Gasteiger partial charge in [0, 0.05) is 6.42 Å². The minimum absolute atomic E-state index is 0.685. The average molecular weight is 126 g/mol. The van der Waals surface area contributed by atoms with Gasteiger partial charge in [0.25, 0.3) is 0 Å². The van der Waals surface area contributed by atoms with E-state index in [1.54, 1.807) is 0 Å². The van der Waals surface area contributed by atoms with E-state index in [2.05, 4.69) is 4.85 Å². The Labute approximate surface area is 56.9 Å². The lowest BCUT2D eigenvalue weighted by atomic mass is 10.2. The van der Waals surface area contributed by atoms with E-state index >= 15 is 0 Å². The molecule has 0 atom stereocenters. The summed E-state index contributed by atoms with van der Waals surface area (Å²) in [5.41, 5.74) is 5.28. The normalized spacial score (nSPS) is 8.89. The monoisotopic (exact) mass is 126 g/mol. The van der Waals surface area contributed by atoms with Gasteiger partial charge in [0.05, 0.1) is 0 Å². The lowest BCUT2D eigenvalue weighted by molar-refractivity contribution is 0.668. The second-order valence-electron chi connectivity index (χ2n) is 2.08. The van der Waals surface area contributed by atoms with Gasteiger partial charge in [-0.25, -0.2) is 6.57 Å². The van der Waals surface area contributed by atoms with Gasteiger partial charge in [0.2, 0.25) is 6.54 Å². The second-order valence-corrected chi connectivity index (χ2v) is 2.08. The summed E-state index contributed by atoms with van der Waals surface area (Å²) in [4.78, 5) is 3.25. The van der Waals surface area contributed by atoms with Crippen molar-refractivity contribution < 1.29 is 0 Å². The van der Waals surface area contributed by atoms with Crippen LogP contribution >= 0.6 is 0 Å². The molecule has 0 amide bonds. The number of rotatable bonds is 5. The molecule has 0 aliphatic rings. The number of nitrogens with two attached hydrogens (primary N) is 1. The van der Waals surface area contributed by atoms with Crippen LogP contribution < -0.4 is 5.73 Å². The van der Waals surface area contributed by atoms with Crippen molar-refractivity contribution in [3.05, 3.63) is 11.4 Å². The van der Waals surface area contributed by atoms with Crippen LogP contribution in [0.2, 0.25) is 0 Å². The summed E-state index contributed by atoms with van der Waals surface area (Å²) in [5, 5.41) is 0. The highest BCUT2D eigenvalue weighted by Crippen LogP contribution is 1.97. The first kappa shape index (κ1) is 8.45. The van der Waals surface area contributed by atoms with E-state index in [1.165, 1.54) is 12.8 Å². The molecule has 0 fully saturated rings. The van der Waals surface area contributed by atoms with Gasteiger partial charge in [-0.1, -0.05) is 6.42 Å². The molecule has 52 valence electrons. The predicted octanol–water partition coefficient (Wildman–Crippen LogP) is 1.42. The molecule has 0 aromatic heterocycles. The van der Waals surface area contributed by atoms with Gasteiger partial charge in [0.15, 0.2) is 0 Å². The van der Waals surface area contributed by atoms with Gasteiger partial charge in [-0.05, 0) is 19.4 Å². The SMILES string of the molecule is [C-]#[N+]CCCCCCN. The van der Waals surface area contributed by atoms with Crippen LogP contribution in [0.5, 0.6) is 0 Å². The lowest BCUT2D eigenvalue weighted by Gasteiger charge is -1.91. The van der Waals surface area contributed by atoms with Gasteiger partial charge >= 0.3 is 0 Å². The maximum absolute atomic E-state index is 6.48. The zero-order valence-electron chi connectivity index (χ0n) is 5.77. The molecule has 0 bridgehead atoms. The van der Waals surface area contributed by atoms with Crippen LogP contribution in [0.3, 0.4) is 0 Å². The van der Waals surface area contributed by atoms with Crippen LogP contribution in [0.25, 0.3) is 4.85 Å². The van der Waals surface area contributed by atoms with Crippen LogP contribution in [0.1, 0.15) is 25.7 Å². The number of unbranched alkanes of at least 4 members (excludes halogenated alkanes) is 3. The molecule has 0 aromatic carbocycles. The van der Waals surface area contributed by atoms with Gasteiger partial charge in [-0.3, -0.25) is 0 Å². The molecule has 0 unspecified atom stereocenters. The third-order valence-electron chi connectivity index (χ3n) is 1.22. The van der Waals surface area contributed by atoms with E-state index in [0.717, 1.165) is 19.4 Å². The summed E-state index contributed by atoms with van der Waals surface area (Å²) in [5.74, 6) is 0. The van der Waals surface area contributed by atoms with Crippen molar-refractivity contribution in [2.45, 2.75) is 25.7 Å². The van der Waals surface area contributed by atoms with Crippen LogP contribution in [-0.2, 0) is 0 Å². The summed E-state index contributed by atoms with van der Waals surface area (Å²) < 4.78 is 0. The van der Waals surface area contributed by atoms with E-state index in [1.807, 2.05) is 0 Å². The summed E-state index contributed by atoms with van der Waals surface area (Å²) >= 11 is 0. The van der Waals surface area contributed by atoms with Gasteiger partial charge in [-0.15, -0.1) is 0 Å². The summed E-state index contributed by atoms with van der Waals surface area (Å²) in [6.45, 7) is 7.96. The summed E-state index contributed by atoms with van der Waals surface area (Å²) in [7, 11) is 0. The molecule has 9 heavy (non-hydrogen) atoms. The number of nitrogens with zero attached hydrogens (tertiary/aromatic N) is 1. The van der Waals surface area contributed by atoms with E-state index < -0.39 is 0 Å². The fourth-order valence-electron chi connectivity index (χ4n) is 0.689. The summed E-state index contributed by atoms with van der Waals surface area (Å²) in [6, 6.07) is 0. The fraction of sp³-hybridized carbons (Fsp3) is 0.857. The third kappa shape index (κ3) is 7.45. The van der Waals surface area contributed by atoms with Crippen LogP contribution in [0.15, 0.2) is 0 Å². The van der Waals surface area contributed by atoms with Gasteiger partial charge in [0.1, 0.15) is 0 Å². The van der Waals surface area contributed by atoms with E-state index in [9.17, 15) is 0 Å². The largest absolute Gasteiger partial charge is 0.330 e. The van der Waals surface area contributed by atoms with Gasteiger partial charge < -0.3 is 10.6 Å². The molecule has 0 saturated heterocycles. The van der Waals surface area contributed by atoms with Crippen molar-refractivity contribution in [2.75, 3.05) is 13.1 Å². The van der Waals surface area contributed by atoms with Crippen molar-refractivity contribution in [1.29, 1.82) is 0 Å². The molecule has 0 spiro atoms. The lowest BCUT2D eigenvalue weighted by Crippen LogP contribution is -1.97. The Hall–Kier alpha value is -0.550. The second kappa shape index (κ2) is 7.45. The maximum atomic E-state index is 6.48. The average Bonchev–Trinajstić information content (AvgIpc) is 1.89. The quantitative estimate of drug-likeness (QED) is 0.438. The molecule has 0 aliphatic heterocycles.